The molecule has 0 spiro atoms. The Morgan fingerprint density at radius 1 is 0.590 bits per heavy atom. The average Bonchev–Trinajstić information content (AvgIpc) is 3.21. The van der Waals surface area contributed by atoms with E-state index >= 15 is 0 Å². The Morgan fingerprint density at radius 3 is 1.59 bits per heavy atom. The van der Waals surface area contributed by atoms with Crippen LogP contribution in [0.2, 0.25) is 0 Å². The van der Waals surface area contributed by atoms with Crippen LogP contribution in [0.3, 0.4) is 0 Å². The summed E-state index contributed by atoms with van der Waals surface area (Å²) in [6.45, 7) is 3.86. The number of allylic oxidation sites excluding steroid dienone is 19. The third-order valence-corrected chi connectivity index (χ3v) is 9.63. The number of unbranched alkanes of at least 4 members (excludes halogenated alkanes) is 4. The van der Waals surface area contributed by atoms with Gasteiger partial charge in [-0.2, -0.15) is 0 Å². The van der Waals surface area contributed by atoms with E-state index in [0.29, 0.717) is 36.7 Å². The number of rotatable bonds is 38. The van der Waals surface area contributed by atoms with Gasteiger partial charge in [0.15, 0.2) is 6.10 Å². The smallest absolute Gasteiger partial charge is 0.462 e. The first-order valence-corrected chi connectivity index (χ1v) is 23.9. The number of hydrogen-bond acceptors (Lipinski definition) is 8. The van der Waals surface area contributed by atoms with E-state index in [1.165, 1.54) is 25.7 Å². The molecule has 11 heteroatoms. The number of nitrogens with zero attached hydrogens (tertiary/aromatic N) is 1. The van der Waals surface area contributed by atoms with E-state index < -0.39 is 32.5 Å². The normalized spacial score (nSPS) is 15.2. The summed E-state index contributed by atoms with van der Waals surface area (Å²) < 4.78 is 34.1. The van der Waals surface area contributed by atoms with Gasteiger partial charge in [-0.3, -0.25) is 18.6 Å². The molecule has 0 fully saturated rings. The molecule has 0 saturated carbocycles. The van der Waals surface area contributed by atoms with E-state index in [1.807, 2.05) is 70.6 Å². The Hall–Kier alpha value is -3.63. The Labute approximate surface area is 370 Å². The molecule has 1 unspecified atom stereocenters. The maximum atomic E-state index is 12.7. The summed E-state index contributed by atoms with van der Waals surface area (Å²) in [5.74, 6) is -0.997. The van der Waals surface area contributed by atoms with E-state index in [0.717, 1.165) is 44.9 Å². The first kappa shape index (κ1) is 57.4. The van der Waals surface area contributed by atoms with Crippen molar-refractivity contribution in [1.82, 2.24) is 0 Å². The third-order valence-electron chi connectivity index (χ3n) is 8.65. The van der Waals surface area contributed by atoms with E-state index in [9.17, 15) is 24.2 Å². The third kappa shape index (κ3) is 44.2. The van der Waals surface area contributed by atoms with Crippen molar-refractivity contribution in [3.63, 3.8) is 0 Å². The van der Waals surface area contributed by atoms with Crippen LogP contribution < -0.4 is 0 Å². The number of ether oxygens (including phenoxy) is 2. The lowest BCUT2D eigenvalue weighted by Crippen LogP contribution is -2.37. The molecule has 0 aliphatic carbocycles. The summed E-state index contributed by atoms with van der Waals surface area (Å²) in [5, 5.41) is 9.49. The second-order valence-corrected chi connectivity index (χ2v) is 17.0. The summed E-state index contributed by atoms with van der Waals surface area (Å²) in [6, 6.07) is 0. The number of aliphatic hydroxyl groups excluding tert-OH is 1. The van der Waals surface area contributed by atoms with Crippen molar-refractivity contribution in [3.05, 3.63) is 122 Å². The molecule has 61 heavy (non-hydrogen) atoms. The lowest BCUT2D eigenvalue weighted by atomic mass is 10.2. The molecular weight excluding hydrogens is 790 g/mol. The van der Waals surface area contributed by atoms with Crippen molar-refractivity contribution in [2.75, 3.05) is 47.5 Å². The summed E-state index contributed by atoms with van der Waals surface area (Å²) in [5.41, 5.74) is 0. The van der Waals surface area contributed by atoms with Gasteiger partial charge in [-0.05, 0) is 83.5 Å². The minimum absolute atomic E-state index is 0.00410. The van der Waals surface area contributed by atoms with Gasteiger partial charge >= 0.3 is 19.8 Å². The Kier molecular flexibility index (Phi) is 38.0. The zero-order valence-corrected chi connectivity index (χ0v) is 39.1. The van der Waals surface area contributed by atoms with Gasteiger partial charge in [-0.1, -0.05) is 148 Å². The number of quaternary nitrogens is 1. The van der Waals surface area contributed by atoms with Gasteiger partial charge in [0.2, 0.25) is 0 Å². The second kappa shape index (κ2) is 40.4. The molecule has 0 heterocycles. The number of hydrogen-bond donors (Lipinski definition) is 2. The Bertz CT molecular complexity index is 1460. The molecule has 10 nitrogen and oxygen atoms in total. The quantitative estimate of drug-likeness (QED) is 0.0156. The molecule has 0 aromatic heterocycles. The predicted octanol–water partition coefficient (Wildman–Crippen LogP) is 11.9. The molecule has 344 valence electrons. The van der Waals surface area contributed by atoms with Crippen molar-refractivity contribution >= 4 is 19.8 Å². The lowest BCUT2D eigenvalue weighted by molar-refractivity contribution is -0.870. The van der Waals surface area contributed by atoms with Gasteiger partial charge in [0, 0.05) is 12.8 Å². The molecular formula is C50H81NO9P+. The average molecular weight is 871 g/mol. The second-order valence-electron chi connectivity index (χ2n) is 15.5. The highest BCUT2D eigenvalue weighted by Gasteiger charge is 2.27. The standard InChI is InChI=1S/C50H80NO9P/c1-6-8-9-10-11-12-13-14-15-16-17-18-19-23-26-29-32-35-38-41-49(53)57-45-48(46-59-61(55,56)58-44-43-51(3,4)5)60-50(54)42-39-36-33-30-27-24-21-20-22-25-28-31-34-37-40-47(52)7-2/h11-12,14-15,17-18,21-26,30-35,37,40,47-48,52H,6-10,13,16,19-20,27-29,36,38-39,41-46H2,1-5H3/p+1/b12-11-,15-14-,18-17-,24-21-,25-22-,26-23-,33-30-,34-31-,35-32-,40-37+/t47-,48-/m1/s1. The van der Waals surface area contributed by atoms with Crippen LogP contribution in [-0.4, -0.2) is 86.1 Å². The zero-order valence-electron chi connectivity index (χ0n) is 38.2. The summed E-state index contributed by atoms with van der Waals surface area (Å²) in [6.07, 6.45) is 53.6. The Morgan fingerprint density at radius 2 is 1.08 bits per heavy atom. The van der Waals surface area contributed by atoms with Gasteiger partial charge in [0.25, 0.3) is 0 Å². The number of phosphoric acid groups is 1. The van der Waals surface area contributed by atoms with Gasteiger partial charge in [-0.15, -0.1) is 0 Å². The van der Waals surface area contributed by atoms with Crippen molar-refractivity contribution in [1.29, 1.82) is 0 Å². The van der Waals surface area contributed by atoms with Gasteiger partial charge < -0.3 is 24.0 Å². The monoisotopic (exact) mass is 871 g/mol. The van der Waals surface area contributed by atoms with Crippen molar-refractivity contribution < 1.29 is 47.2 Å². The fraction of sp³-hybridized carbons (Fsp3) is 0.560. The molecule has 2 N–H and O–H groups in total. The van der Waals surface area contributed by atoms with E-state index in [-0.39, 0.29) is 32.2 Å². The first-order chi connectivity index (χ1) is 29.4. The molecule has 0 aromatic rings. The SMILES string of the molecule is CCCCC/C=C\C/C=C\C/C=C\C/C=C\C/C=C\CCC(=O)OC[C@H](COP(=O)(O)OCC[N+](C)(C)C)OC(=O)CCC/C=C\C/C=C\C/C=C\C/C=C\C=C\[C@H](O)CC. The highest BCUT2D eigenvalue weighted by atomic mass is 31.2. The molecule has 0 saturated heterocycles. The molecule has 0 rings (SSSR count). The minimum Gasteiger partial charge on any atom is -0.462 e. The molecule has 0 aromatic carbocycles. The van der Waals surface area contributed by atoms with Gasteiger partial charge in [0.1, 0.15) is 19.8 Å². The molecule has 0 aliphatic rings. The summed E-state index contributed by atoms with van der Waals surface area (Å²) in [7, 11) is 1.36. The van der Waals surface area contributed by atoms with Crippen LogP contribution in [-0.2, 0) is 32.7 Å². The van der Waals surface area contributed by atoms with Crippen LogP contribution in [0.4, 0.5) is 0 Å². The maximum absolute atomic E-state index is 12.7. The molecule has 3 atom stereocenters. The van der Waals surface area contributed by atoms with Crippen molar-refractivity contribution in [3.8, 4) is 0 Å². The number of likely N-dealkylation sites (N-methyl/N-ethyl adjacent to an activating group) is 1. The molecule has 0 bridgehead atoms. The van der Waals surface area contributed by atoms with Gasteiger partial charge in [0.05, 0.1) is 33.9 Å². The van der Waals surface area contributed by atoms with Crippen LogP contribution in [0.25, 0.3) is 0 Å². The minimum atomic E-state index is -4.43. The van der Waals surface area contributed by atoms with Crippen LogP contribution >= 0.6 is 7.82 Å². The predicted molar refractivity (Wildman–Crippen MR) is 253 cm³/mol. The first-order valence-electron chi connectivity index (χ1n) is 22.4. The van der Waals surface area contributed by atoms with E-state index in [1.54, 1.807) is 6.08 Å². The number of carbonyl (C=O) groups excluding carboxylic acids is 2. The van der Waals surface area contributed by atoms with Crippen molar-refractivity contribution in [2.24, 2.45) is 0 Å². The lowest BCUT2D eigenvalue weighted by Gasteiger charge is -2.24. The van der Waals surface area contributed by atoms with Crippen LogP contribution in [0.15, 0.2) is 122 Å². The van der Waals surface area contributed by atoms with E-state index in [2.05, 4.69) is 79.8 Å². The maximum Gasteiger partial charge on any atom is 0.472 e. The van der Waals surface area contributed by atoms with Crippen molar-refractivity contribution in [2.45, 2.75) is 135 Å². The number of carbonyl (C=O) groups is 2. The fourth-order valence-electron chi connectivity index (χ4n) is 4.98. The van der Waals surface area contributed by atoms with Gasteiger partial charge in [-0.25, -0.2) is 4.57 Å². The molecule has 0 aliphatic heterocycles. The fourth-order valence-corrected chi connectivity index (χ4v) is 5.72. The van der Waals surface area contributed by atoms with Crippen LogP contribution in [0, 0.1) is 0 Å². The van der Waals surface area contributed by atoms with E-state index in [4.69, 9.17) is 18.5 Å². The summed E-state index contributed by atoms with van der Waals surface area (Å²) in [4.78, 5) is 35.3. The zero-order chi connectivity index (χ0) is 45.1. The highest BCUT2D eigenvalue weighted by Crippen LogP contribution is 2.43. The molecule has 0 amide bonds. The summed E-state index contributed by atoms with van der Waals surface area (Å²) >= 11 is 0. The Balaban J connectivity index is 4.61. The highest BCUT2D eigenvalue weighted by molar-refractivity contribution is 7.47. The number of esters is 2. The largest absolute Gasteiger partial charge is 0.472 e. The number of aliphatic hydroxyl groups is 1. The molecule has 0 radical (unpaired) electrons. The van der Waals surface area contributed by atoms with Crippen LogP contribution in [0.5, 0.6) is 0 Å². The topological polar surface area (TPSA) is 129 Å². The van der Waals surface area contributed by atoms with Crippen LogP contribution in [0.1, 0.15) is 123 Å². The number of phosphoric ester groups is 1.